The molecule has 0 aromatic heterocycles. The van der Waals surface area contributed by atoms with Crippen molar-refractivity contribution in [1.29, 1.82) is 0 Å². The van der Waals surface area contributed by atoms with E-state index in [-0.39, 0.29) is 6.61 Å². The maximum Gasteiger partial charge on any atom is 0.313 e. The van der Waals surface area contributed by atoms with Gasteiger partial charge in [0.25, 0.3) is 0 Å². The van der Waals surface area contributed by atoms with Crippen LogP contribution in [0.3, 0.4) is 0 Å². The summed E-state index contributed by atoms with van der Waals surface area (Å²) in [4.78, 5) is 22.5. The van der Waals surface area contributed by atoms with E-state index in [2.05, 4.69) is 4.74 Å². The minimum absolute atomic E-state index is 0.0246. The van der Waals surface area contributed by atoms with E-state index >= 15 is 0 Å². The van der Waals surface area contributed by atoms with Crippen LogP contribution >= 0.6 is 0 Å². The molecule has 0 unspecified atom stereocenters. The lowest BCUT2D eigenvalue weighted by Gasteiger charge is -2.07. The minimum atomic E-state index is -2.37. The first-order chi connectivity index (χ1) is 9.31. The molecule has 0 aliphatic heterocycles. The molecule has 3 nitrogen and oxygen atoms in total. The third-order valence-electron chi connectivity index (χ3n) is 2.26. The number of benzene rings is 1. The molecule has 0 N–H and O–H groups in total. The summed E-state index contributed by atoms with van der Waals surface area (Å²) in [6.45, 7) is 1.64. The molecule has 110 valence electrons. The number of rotatable bonds is 5. The number of hydrogen-bond acceptors (Lipinski definition) is 3. The van der Waals surface area contributed by atoms with Crippen LogP contribution < -0.4 is 0 Å². The van der Waals surface area contributed by atoms with Gasteiger partial charge in [-0.1, -0.05) is 6.92 Å². The molecular weight excluding hydrogens is 287 g/mol. The van der Waals surface area contributed by atoms with Crippen molar-refractivity contribution in [1.82, 2.24) is 0 Å². The predicted octanol–water partition coefficient (Wildman–Crippen LogP) is 2.91. The number of hydrogen-bond donors (Lipinski definition) is 0. The first kappa shape index (κ1) is 16.1. The molecule has 1 aromatic rings. The van der Waals surface area contributed by atoms with Crippen molar-refractivity contribution in [2.45, 2.75) is 19.8 Å². The van der Waals surface area contributed by atoms with Crippen molar-refractivity contribution in [2.75, 3.05) is 6.61 Å². The van der Waals surface area contributed by atoms with Crippen LogP contribution in [0, 0.1) is 29.1 Å². The number of Topliss-reactive ketones (excluding diaryl/α,β-unsaturated/α-hetero) is 1. The monoisotopic (exact) mass is 296 g/mol. The minimum Gasteiger partial charge on any atom is -0.465 e. The van der Waals surface area contributed by atoms with E-state index in [9.17, 15) is 31.5 Å². The Kier molecular flexibility index (Phi) is 5.18. The van der Waals surface area contributed by atoms with E-state index in [1.807, 2.05) is 0 Å². The molecule has 0 bridgehead atoms. The van der Waals surface area contributed by atoms with Gasteiger partial charge in [0.1, 0.15) is 6.42 Å². The highest BCUT2D eigenvalue weighted by Gasteiger charge is 2.30. The van der Waals surface area contributed by atoms with Gasteiger partial charge in [0.15, 0.2) is 29.1 Å². The van der Waals surface area contributed by atoms with E-state index < -0.39 is 52.8 Å². The highest BCUT2D eigenvalue weighted by atomic mass is 19.2. The summed E-state index contributed by atoms with van der Waals surface area (Å²) >= 11 is 0. The number of halogens is 5. The van der Waals surface area contributed by atoms with E-state index in [0.717, 1.165) is 0 Å². The molecule has 0 heterocycles. The topological polar surface area (TPSA) is 43.4 Å². The van der Waals surface area contributed by atoms with Gasteiger partial charge in [0.2, 0.25) is 5.82 Å². The van der Waals surface area contributed by atoms with Crippen LogP contribution in [0.25, 0.3) is 0 Å². The van der Waals surface area contributed by atoms with Gasteiger partial charge in [-0.15, -0.1) is 0 Å². The maximum absolute atomic E-state index is 13.3. The Labute approximate surface area is 110 Å². The molecule has 0 spiro atoms. The molecule has 0 saturated heterocycles. The third kappa shape index (κ3) is 3.12. The van der Waals surface area contributed by atoms with Crippen LogP contribution in [-0.4, -0.2) is 18.4 Å². The first-order valence-electron chi connectivity index (χ1n) is 5.51. The Balaban J connectivity index is 3.08. The lowest BCUT2D eigenvalue weighted by molar-refractivity contribution is -0.142. The van der Waals surface area contributed by atoms with Gasteiger partial charge < -0.3 is 4.74 Å². The van der Waals surface area contributed by atoms with Crippen molar-refractivity contribution in [3.8, 4) is 0 Å². The van der Waals surface area contributed by atoms with Crippen LogP contribution in [0.4, 0.5) is 22.0 Å². The molecule has 20 heavy (non-hydrogen) atoms. The summed E-state index contributed by atoms with van der Waals surface area (Å²) in [5.41, 5.74) is -1.64. The van der Waals surface area contributed by atoms with Gasteiger partial charge in [-0.2, -0.15) is 0 Å². The molecule has 0 radical (unpaired) electrons. The quantitative estimate of drug-likeness (QED) is 0.209. The zero-order chi connectivity index (χ0) is 15.4. The van der Waals surface area contributed by atoms with Crippen molar-refractivity contribution in [3.05, 3.63) is 34.6 Å². The van der Waals surface area contributed by atoms with Gasteiger partial charge in [0, 0.05) is 0 Å². The van der Waals surface area contributed by atoms with E-state index in [0.29, 0.717) is 6.42 Å². The molecule has 0 saturated carbocycles. The lowest BCUT2D eigenvalue weighted by Crippen LogP contribution is -2.17. The summed E-state index contributed by atoms with van der Waals surface area (Å²) in [5.74, 6) is -14.0. The molecule has 0 aliphatic carbocycles. The maximum atomic E-state index is 13.3. The average molecular weight is 296 g/mol. The molecule has 0 amide bonds. The third-order valence-corrected chi connectivity index (χ3v) is 2.26. The molecule has 1 rings (SSSR count). The van der Waals surface area contributed by atoms with Gasteiger partial charge in [0.05, 0.1) is 12.2 Å². The van der Waals surface area contributed by atoms with Crippen LogP contribution in [0.1, 0.15) is 30.1 Å². The lowest BCUT2D eigenvalue weighted by atomic mass is 10.1. The van der Waals surface area contributed by atoms with Crippen molar-refractivity contribution >= 4 is 11.8 Å². The molecule has 1 aromatic carbocycles. The Bertz CT molecular complexity index is 528. The molecule has 0 atom stereocenters. The van der Waals surface area contributed by atoms with E-state index in [1.54, 1.807) is 6.92 Å². The molecule has 8 heteroatoms. The Morgan fingerprint density at radius 1 is 0.900 bits per heavy atom. The number of esters is 1. The second kappa shape index (κ2) is 6.44. The number of carbonyl (C=O) groups excluding carboxylic acids is 2. The fraction of sp³-hybridized carbons (Fsp3) is 0.333. The smallest absolute Gasteiger partial charge is 0.313 e. The normalized spacial score (nSPS) is 10.5. The van der Waals surface area contributed by atoms with E-state index in [1.165, 1.54) is 0 Å². The van der Waals surface area contributed by atoms with Crippen LogP contribution in [0.2, 0.25) is 0 Å². The zero-order valence-corrected chi connectivity index (χ0v) is 10.2. The van der Waals surface area contributed by atoms with Crippen molar-refractivity contribution in [3.63, 3.8) is 0 Å². The highest BCUT2D eigenvalue weighted by Crippen LogP contribution is 2.24. The molecule has 0 aliphatic rings. The first-order valence-corrected chi connectivity index (χ1v) is 5.51. The fourth-order valence-electron chi connectivity index (χ4n) is 1.34. The van der Waals surface area contributed by atoms with Gasteiger partial charge >= 0.3 is 5.97 Å². The highest BCUT2D eigenvalue weighted by molar-refractivity contribution is 6.06. The van der Waals surface area contributed by atoms with Crippen LogP contribution in [-0.2, 0) is 9.53 Å². The van der Waals surface area contributed by atoms with E-state index in [4.69, 9.17) is 0 Å². The Morgan fingerprint density at radius 3 is 1.80 bits per heavy atom. The largest absolute Gasteiger partial charge is 0.465 e. The van der Waals surface area contributed by atoms with Gasteiger partial charge in [-0.05, 0) is 6.42 Å². The van der Waals surface area contributed by atoms with Crippen LogP contribution in [0.5, 0.6) is 0 Å². The number of carbonyl (C=O) groups is 2. The second-order valence-electron chi connectivity index (χ2n) is 3.77. The summed E-state index contributed by atoms with van der Waals surface area (Å²) in [7, 11) is 0. The van der Waals surface area contributed by atoms with Crippen molar-refractivity contribution < 1.29 is 36.3 Å². The van der Waals surface area contributed by atoms with Gasteiger partial charge in [-0.3, -0.25) is 9.59 Å². The van der Waals surface area contributed by atoms with Crippen LogP contribution in [0.15, 0.2) is 0 Å². The van der Waals surface area contributed by atoms with Gasteiger partial charge in [-0.25, -0.2) is 22.0 Å². The SMILES string of the molecule is CCCOC(=O)CC(=O)c1c(F)c(F)c(F)c(F)c1F. The number of ketones is 1. The second-order valence-corrected chi connectivity index (χ2v) is 3.77. The average Bonchev–Trinajstić information content (AvgIpc) is 2.40. The Hall–Kier alpha value is -1.99. The van der Waals surface area contributed by atoms with Crippen molar-refractivity contribution in [2.24, 2.45) is 0 Å². The zero-order valence-electron chi connectivity index (χ0n) is 10.2. The summed E-state index contributed by atoms with van der Waals surface area (Å²) < 4.78 is 69.5. The standard InChI is InChI=1S/C12H9F5O3/c1-2-3-20-6(19)4-5(18)7-8(13)10(15)12(17)11(16)9(7)14/h2-4H2,1H3. The Morgan fingerprint density at radius 2 is 1.35 bits per heavy atom. The fourth-order valence-corrected chi connectivity index (χ4v) is 1.34. The molecule has 0 fully saturated rings. The summed E-state index contributed by atoms with van der Waals surface area (Å²) in [5, 5.41) is 0. The predicted molar refractivity (Wildman–Crippen MR) is 56.4 cm³/mol. The molecular formula is C12H9F5O3. The number of ether oxygens (including phenoxy) is 1. The summed E-state index contributed by atoms with van der Waals surface area (Å²) in [6, 6.07) is 0. The summed E-state index contributed by atoms with van der Waals surface area (Å²) in [6.07, 6.45) is -0.666.